The number of hydrogen-bond donors (Lipinski definition) is 1. The van der Waals surface area contributed by atoms with Gasteiger partial charge in [0.15, 0.2) is 0 Å². The molecule has 0 atom stereocenters. The molecule has 2 aromatic carbocycles. The first-order valence-corrected chi connectivity index (χ1v) is 5.95. The summed E-state index contributed by atoms with van der Waals surface area (Å²) in [6, 6.07) is 14.6. The molecule has 94 valence electrons. The molecular weight excluding hydrogens is 240 g/mol. The molecule has 0 radical (unpaired) electrons. The van der Waals surface area contributed by atoms with Gasteiger partial charge >= 0.3 is 5.97 Å². The highest BCUT2D eigenvalue weighted by Crippen LogP contribution is 2.23. The van der Waals surface area contributed by atoms with Gasteiger partial charge in [0.05, 0.1) is 22.3 Å². The van der Waals surface area contributed by atoms with E-state index in [1.165, 1.54) is 0 Å². The average molecular weight is 252 g/mol. The quantitative estimate of drug-likeness (QED) is 0.762. The Morgan fingerprint density at radius 3 is 2.58 bits per heavy atom. The number of carbonyl (C=O) groups is 1. The Hall–Kier alpha value is -2.62. The predicted molar refractivity (Wildman–Crippen MR) is 72.8 cm³/mol. The van der Waals surface area contributed by atoms with Crippen molar-refractivity contribution in [3.05, 3.63) is 59.9 Å². The highest BCUT2D eigenvalue weighted by Gasteiger charge is 2.15. The van der Waals surface area contributed by atoms with Crippen molar-refractivity contribution in [1.29, 1.82) is 0 Å². The van der Waals surface area contributed by atoms with Crippen molar-refractivity contribution in [1.82, 2.24) is 9.55 Å². The number of aromatic carboxylic acids is 1. The zero-order chi connectivity index (χ0) is 13.4. The molecule has 0 aliphatic rings. The van der Waals surface area contributed by atoms with E-state index in [1.807, 2.05) is 41.8 Å². The Balaban J connectivity index is 2.37. The maximum Gasteiger partial charge on any atom is 0.337 e. The van der Waals surface area contributed by atoms with Gasteiger partial charge < -0.3 is 5.11 Å². The lowest BCUT2D eigenvalue weighted by atomic mass is 10.1. The van der Waals surface area contributed by atoms with Crippen LogP contribution in [0.4, 0.5) is 0 Å². The fourth-order valence-electron chi connectivity index (χ4n) is 2.30. The SMILES string of the molecule is Cc1nc2ccccc2n1-c1ccccc1C(=O)O. The van der Waals surface area contributed by atoms with Gasteiger partial charge in [0.25, 0.3) is 0 Å². The number of para-hydroxylation sites is 3. The number of carboxylic acids is 1. The molecule has 0 spiro atoms. The van der Waals surface area contributed by atoms with E-state index in [0.717, 1.165) is 16.9 Å². The zero-order valence-corrected chi connectivity index (χ0v) is 10.4. The number of nitrogens with zero attached hydrogens (tertiary/aromatic N) is 2. The lowest BCUT2D eigenvalue weighted by molar-refractivity contribution is 0.0697. The van der Waals surface area contributed by atoms with Crippen molar-refractivity contribution < 1.29 is 9.90 Å². The molecule has 4 heteroatoms. The van der Waals surface area contributed by atoms with Crippen molar-refractivity contribution in [3.63, 3.8) is 0 Å². The Kier molecular flexibility index (Phi) is 2.56. The van der Waals surface area contributed by atoms with Gasteiger partial charge in [-0.15, -0.1) is 0 Å². The molecule has 0 unspecified atom stereocenters. The molecule has 0 fully saturated rings. The van der Waals surface area contributed by atoms with Crippen LogP contribution in [0.2, 0.25) is 0 Å². The molecule has 0 aliphatic carbocycles. The van der Waals surface area contributed by atoms with Crippen LogP contribution in [-0.4, -0.2) is 20.6 Å². The Morgan fingerprint density at radius 2 is 1.79 bits per heavy atom. The first-order chi connectivity index (χ1) is 9.18. The third kappa shape index (κ3) is 1.78. The van der Waals surface area contributed by atoms with Crippen molar-refractivity contribution in [2.24, 2.45) is 0 Å². The fourth-order valence-corrected chi connectivity index (χ4v) is 2.30. The summed E-state index contributed by atoms with van der Waals surface area (Å²) in [5.74, 6) is -0.164. The number of aromatic nitrogens is 2. The van der Waals surface area contributed by atoms with Crippen LogP contribution in [0.15, 0.2) is 48.5 Å². The van der Waals surface area contributed by atoms with Crippen LogP contribution < -0.4 is 0 Å². The molecular formula is C15H12N2O2. The monoisotopic (exact) mass is 252 g/mol. The van der Waals surface area contributed by atoms with E-state index in [-0.39, 0.29) is 5.56 Å². The highest BCUT2D eigenvalue weighted by atomic mass is 16.4. The van der Waals surface area contributed by atoms with Crippen molar-refractivity contribution >= 4 is 17.0 Å². The molecule has 1 aromatic heterocycles. The summed E-state index contributed by atoms with van der Waals surface area (Å²) in [4.78, 5) is 15.8. The van der Waals surface area contributed by atoms with Gasteiger partial charge in [0.1, 0.15) is 5.82 Å². The van der Waals surface area contributed by atoms with Crippen LogP contribution in [0.5, 0.6) is 0 Å². The predicted octanol–water partition coefficient (Wildman–Crippen LogP) is 3.03. The molecule has 0 saturated carbocycles. The first kappa shape index (κ1) is 11.5. The Labute approximate surface area is 109 Å². The van der Waals surface area contributed by atoms with Crippen LogP contribution in [-0.2, 0) is 0 Å². The summed E-state index contributed by atoms with van der Waals surface area (Å²) in [6.07, 6.45) is 0. The summed E-state index contributed by atoms with van der Waals surface area (Å²) >= 11 is 0. The third-order valence-corrected chi connectivity index (χ3v) is 3.10. The van der Waals surface area contributed by atoms with E-state index < -0.39 is 5.97 Å². The third-order valence-electron chi connectivity index (χ3n) is 3.10. The molecule has 1 heterocycles. The summed E-state index contributed by atoms with van der Waals surface area (Å²) in [5, 5.41) is 9.29. The van der Waals surface area contributed by atoms with Gasteiger partial charge in [-0.25, -0.2) is 9.78 Å². The number of aryl methyl sites for hydroxylation is 1. The summed E-state index contributed by atoms with van der Waals surface area (Å²) < 4.78 is 1.87. The smallest absolute Gasteiger partial charge is 0.337 e. The minimum atomic E-state index is -0.937. The second kappa shape index (κ2) is 4.24. The van der Waals surface area contributed by atoms with E-state index >= 15 is 0 Å². The molecule has 0 bridgehead atoms. The number of rotatable bonds is 2. The first-order valence-electron chi connectivity index (χ1n) is 5.95. The number of fused-ring (bicyclic) bond motifs is 1. The second-order valence-electron chi connectivity index (χ2n) is 4.31. The topological polar surface area (TPSA) is 55.1 Å². The number of carboxylic acid groups (broad SMARTS) is 1. The summed E-state index contributed by atoms with van der Waals surface area (Å²) in [6.45, 7) is 1.87. The largest absolute Gasteiger partial charge is 0.478 e. The van der Waals surface area contributed by atoms with Crippen LogP contribution in [0, 0.1) is 6.92 Å². The Bertz CT molecular complexity index is 775. The number of hydrogen-bond acceptors (Lipinski definition) is 2. The fraction of sp³-hybridized carbons (Fsp3) is 0.0667. The zero-order valence-electron chi connectivity index (χ0n) is 10.4. The molecule has 0 aliphatic heterocycles. The second-order valence-corrected chi connectivity index (χ2v) is 4.31. The van der Waals surface area contributed by atoms with Gasteiger partial charge in [-0.3, -0.25) is 4.57 Å². The number of imidazole rings is 1. The van der Waals surface area contributed by atoms with Gasteiger partial charge in [-0.2, -0.15) is 0 Å². The molecule has 3 rings (SSSR count). The number of benzene rings is 2. The van der Waals surface area contributed by atoms with Crippen LogP contribution in [0.25, 0.3) is 16.7 Å². The van der Waals surface area contributed by atoms with E-state index in [1.54, 1.807) is 18.2 Å². The van der Waals surface area contributed by atoms with E-state index in [4.69, 9.17) is 0 Å². The molecule has 19 heavy (non-hydrogen) atoms. The minimum Gasteiger partial charge on any atom is -0.478 e. The van der Waals surface area contributed by atoms with Crippen LogP contribution in [0.1, 0.15) is 16.2 Å². The Morgan fingerprint density at radius 1 is 1.11 bits per heavy atom. The molecule has 4 nitrogen and oxygen atoms in total. The van der Waals surface area contributed by atoms with Crippen LogP contribution >= 0.6 is 0 Å². The maximum absolute atomic E-state index is 11.3. The summed E-state index contributed by atoms with van der Waals surface area (Å²) in [7, 11) is 0. The standard InChI is InChI=1S/C15H12N2O2/c1-10-16-12-7-3-5-9-14(12)17(10)13-8-4-2-6-11(13)15(18)19/h2-9H,1H3,(H,18,19). The highest BCUT2D eigenvalue weighted by molar-refractivity contribution is 5.93. The molecule has 1 N–H and O–H groups in total. The van der Waals surface area contributed by atoms with E-state index in [9.17, 15) is 9.90 Å². The summed E-state index contributed by atoms with van der Waals surface area (Å²) in [5.41, 5.74) is 2.68. The van der Waals surface area contributed by atoms with Gasteiger partial charge in [0, 0.05) is 0 Å². The maximum atomic E-state index is 11.3. The van der Waals surface area contributed by atoms with Crippen molar-refractivity contribution in [2.75, 3.05) is 0 Å². The normalized spacial score (nSPS) is 10.8. The van der Waals surface area contributed by atoms with E-state index in [2.05, 4.69) is 4.98 Å². The molecule has 3 aromatic rings. The molecule has 0 amide bonds. The van der Waals surface area contributed by atoms with E-state index in [0.29, 0.717) is 5.69 Å². The van der Waals surface area contributed by atoms with Gasteiger partial charge in [-0.05, 0) is 31.2 Å². The van der Waals surface area contributed by atoms with Crippen LogP contribution in [0.3, 0.4) is 0 Å². The molecule has 0 saturated heterocycles. The van der Waals surface area contributed by atoms with Gasteiger partial charge in [-0.1, -0.05) is 24.3 Å². The lowest BCUT2D eigenvalue weighted by Crippen LogP contribution is -2.06. The van der Waals surface area contributed by atoms with Gasteiger partial charge in [0.2, 0.25) is 0 Å². The van der Waals surface area contributed by atoms with Crippen molar-refractivity contribution in [3.8, 4) is 5.69 Å². The average Bonchev–Trinajstić information content (AvgIpc) is 2.74. The lowest BCUT2D eigenvalue weighted by Gasteiger charge is -2.10. The minimum absolute atomic E-state index is 0.272. The van der Waals surface area contributed by atoms with Crippen molar-refractivity contribution in [2.45, 2.75) is 6.92 Å².